The molecule has 2 N–H and O–H groups in total. The lowest BCUT2D eigenvalue weighted by Gasteiger charge is -2.31. The molecule has 1 heterocycles. The van der Waals surface area contributed by atoms with Gasteiger partial charge in [0.15, 0.2) is 5.78 Å². The molecule has 8 nitrogen and oxygen atoms in total. The van der Waals surface area contributed by atoms with Crippen LogP contribution in [-0.4, -0.2) is 30.9 Å². The van der Waals surface area contributed by atoms with Crippen molar-refractivity contribution < 1.29 is 28.6 Å². The molecule has 3 rings (SSSR count). The number of carbonyl (C=O) groups excluding carboxylic acids is 3. The maximum absolute atomic E-state index is 13.0. The number of hydrogen-bond donors (Lipinski definition) is 1. The summed E-state index contributed by atoms with van der Waals surface area (Å²) in [7, 11) is 0. The highest BCUT2D eigenvalue weighted by Crippen LogP contribution is 2.51. The first kappa shape index (κ1) is 18.2. The molecule has 1 aliphatic carbocycles. The molecule has 1 aromatic carbocycles. The molecular weight excluding hydrogens is 352 g/mol. The maximum Gasteiger partial charge on any atom is 0.342 e. The van der Waals surface area contributed by atoms with Crippen LogP contribution in [0.25, 0.3) is 5.76 Å². The molecule has 2 aliphatic rings. The molecule has 0 amide bonds. The molecule has 1 aliphatic heterocycles. The van der Waals surface area contributed by atoms with E-state index in [1.165, 1.54) is 6.07 Å². The fourth-order valence-corrected chi connectivity index (χ4v) is 3.23. The van der Waals surface area contributed by atoms with Crippen LogP contribution in [0.4, 0.5) is 0 Å². The second kappa shape index (κ2) is 6.61. The van der Waals surface area contributed by atoms with Crippen LogP contribution in [0.1, 0.15) is 29.8 Å². The van der Waals surface area contributed by atoms with Gasteiger partial charge in [0.2, 0.25) is 11.3 Å². The van der Waals surface area contributed by atoms with Gasteiger partial charge in [-0.3, -0.25) is 4.79 Å². The molecule has 1 unspecified atom stereocenters. The Hall–Kier alpha value is -3.60. The van der Waals surface area contributed by atoms with Crippen LogP contribution in [0.15, 0.2) is 41.3 Å². The van der Waals surface area contributed by atoms with Gasteiger partial charge in [0.25, 0.3) is 0 Å². The summed E-state index contributed by atoms with van der Waals surface area (Å²) in [6, 6.07) is 8.23. The van der Waals surface area contributed by atoms with E-state index in [1.807, 2.05) is 0 Å². The molecule has 138 valence electrons. The molecule has 0 spiro atoms. The maximum atomic E-state index is 13.0. The third-order valence-electron chi connectivity index (χ3n) is 4.31. The van der Waals surface area contributed by atoms with E-state index in [1.54, 1.807) is 38.1 Å². The number of rotatable bonds is 4. The minimum absolute atomic E-state index is 0.0278. The molecule has 0 bridgehead atoms. The quantitative estimate of drug-likeness (QED) is 0.790. The molecule has 8 heteroatoms. The zero-order chi connectivity index (χ0) is 19.8. The van der Waals surface area contributed by atoms with Gasteiger partial charge in [0.1, 0.15) is 11.3 Å². The van der Waals surface area contributed by atoms with Crippen LogP contribution in [0, 0.1) is 16.7 Å². The number of nitriles is 1. The fourth-order valence-electron chi connectivity index (χ4n) is 3.23. The lowest BCUT2D eigenvalue weighted by molar-refractivity contribution is -0.152. The second-order valence-corrected chi connectivity index (χ2v) is 5.72. The first-order valence-electron chi connectivity index (χ1n) is 8.26. The molecular formula is C19H16N2O6. The van der Waals surface area contributed by atoms with Crippen molar-refractivity contribution in [3.8, 4) is 6.07 Å². The van der Waals surface area contributed by atoms with Gasteiger partial charge in [-0.2, -0.15) is 5.26 Å². The highest BCUT2D eigenvalue weighted by molar-refractivity contribution is 6.26. The Morgan fingerprint density at radius 3 is 2.41 bits per heavy atom. The van der Waals surface area contributed by atoms with Crippen LogP contribution in [0.3, 0.4) is 0 Å². The summed E-state index contributed by atoms with van der Waals surface area (Å²) in [6.45, 7) is 3.00. The summed E-state index contributed by atoms with van der Waals surface area (Å²) >= 11 is 0. The van der Waals surface area contributed by atoms with E-state index in [9.17, 15) is 19.6 Å². The van der Waals surface area contributed by atoms with Crippen LogP contribution >= 0.6 is 0 Å². The van der Waals surface area contributed by atoms with Gasteiger partial charge >= 0.3 is 11.9 Å². The van der Waals surface area contributed by atoms with Crippen molar-refractivity contribution >= 4 is 23.5 Å². The number of hydrogen-bond acceptors (Lipinski definition) is 8. The molecule has 0 saturated carbocycles. The predicted molar refractivity (Wildman–Crippen MR) is 91.3 cm³/mol. The van der Waals surface area contributed by atoms with E-state index in [0.29, 0.717) is 5.56 Å². The van der Waals surface area contributed by atoms with E-state index in [-0.39, 0.29) is 30.1 Å². The van der Waals surface area contributed by atoms with Crippen LogP contribution < -0.4 is 5.73 Å². The smallest absolute Gasteiger partial charge is 0.342 e. The van der Waals surface area contributed by atoms with Gasteiger partial charge < -0.3 is 19.9 Å². The number of carbonyl (C=O) groups is 3. The summed E-state index contributed by atoms with van der Waals surface area (Å²) < 4.78 is 15.5. The summed E-state index contributed by atoms with van der Waals surface area (Å²) in [5.41, 5.74) is 3.31. The van der Waals surface area contributed by atoms with Gasteiger partial charge in [-0.25, -0.2) is 9.59 Å². The monoisotopic (exact) mass is 368 g/mol. The lowest BCUT2D eigenvalue weighted by Crippen LogP contribution is -2.44. The van der Waals surface area contributed by atoms with Crippen molar-refractivity contribution in [1.82, 2.24) is 0 Å². The minimum atomic E-state index is -2.38. The SMILES string of the molecule is CCOC(=O)C1=C(N)OC2=C(C(=O)c3ccccc32)C1(C#N)C(=O)OCC. The Morgan fingerprint density at radius 1 is 1.19 bits per heavy atom. The van der Waals surface area contributed by atoms with E-state index in [2.05, 4.69) is 0 Å². The Balaban J connectivity index is 2.32. The number of ketones is 1. The minimum Gasteiger partial charge on any atom is -0.464 e. The second-order valence-electron chi connectivity index (χ2n) is 5.72. The summed E-state index contributed by atoms with van der Waals surface area (Å²) in [4.78, 5) is 38.4. The van der Waals surface area contributed by atoms with Crippen molar-refractivity contribution in [2.75, 3.05) is 13.2 Å². The van der Waals surface area contributed by atoms with Crippen LogP contribution in [-0.2, 0) is 23.8 Å². The topological polar surface area (TPSA) is 129 Å². The highest BCUT2D eigenvalue weighted by Gasteiger charge is 2.61. The average Bonchev–Trinajstić information content (AvgIpc) is 2.93. The van der Waals surface area contributed by atoms with Crippen molar-refractivity contribution in [2.24, 2.45) is 11.1 Å². The normalized spacial score (nSPS) is 20.4. The number of nitrogens with two attached hydrogens (primary N) is 1. The zero-order valence-electron chi connectivity index (χ0n) is 14.7. The van der Waals surface area contributed by atoms with Crippen LogP contribution in [0.5, 0.6) is 0 Å². The van der Waals surface area contributed by atoms with E-state index in [4.69, 9.17) is 19.9 Å². The van der Waals surface area contributed by atoms with Gasteiger partial charge in [0, 0.05) is 11.1 Å². The van der Waals surface area contributed by atoms with Crippen molar-refractivity contribution in [3.05, 3.63) is 52.4 Å². The molecule has 1 aromatic rings. The number of benzene rings is 1. The Bertz CT molecular complexity index is 969. The molecule has 0 radical (unpaired) electrons. The Labute approximate surface area is 154 Å². The molecule has 0 saturated heterocycles. The molecule has 27 heavy (non-hydrogen) atoms. The number of Topliss-reactive ketones (excluding diaryl/α,β-unsaturated/α-hetero) is 1. The highest BCUT2D eigenvalue weighted by atomic mass is 16.5. The van der Waals surface area contributed by atoms with E-state index in [0.717, 1.165) is 0 Å². The first-order valence-corrected chi connectivity index (χ1v) is 8.26. The summed E-state index contributed by atoms with van der Waals surface area (Å²) in [5, 5.41) is 10.00. The van der Waals surface area contributed by atoms with Gasteiger partial charge in [-0.1, -0.05) is 24.3 Å². The van der Waals surface area contributed by atoms with Gasteiger partial charge in [0.05, 0.1) is 24.9 Å². The number of esters is 2. The van der Waals surface area contributed by atoms with Gasteiger partial charge in [-0.15, -0.1) is 0 Å². The Kier molecular flexibility index (Phi) is 4.45. The molecule has 1 atom stereocenters. The summed E-state index contributed by atoms with van der Waals surface area (Å²) in [6.07, 6.45) is 0. The predicted octanol–water partition coefficient (Wildman–Crippen LogP) is 1.43. The number of fused-ring (bicyclic) bond motifs is 2. The van der Waals surface area contributed by atoms with Crippen molar-refractivity contribution in [1.29, 1.82) is 5.26 Å². The van der Waals surface area contributed by atoms with Crippen LogP contribution in [0.2, 0.25) is 0 Å². The standard InChI is InChI=1S/C19H16N2O6/c1-3-25-17(23)13-16(21)27-15-11-8-6-5-7-10(11)14(22)12(15)19(13,9-20)18(24)26-4-2/h5-8H,3-4,21H2,1-2H3. The lowest BCUT2D eigenvalue weighted by atomic mass is 9.72. The zero-order valence-corrected chi connectivity index (χ0v) is 14.7. The van der Waals surface area contributed by atoms with E-state index >= 15 is 0 Å². The van der Waals surface area contributed by atoms with Gasteiger partial charge in [-0.05, 0) is 13.8 Å². The summed E-state index contributed by atoms with van der Waals surface area (Å²) in [5.74, 6) is -3.23. The van der Waals surface area contributed by atoms with E-state index < -0.39 is 34.6 Å². The first-order chi connectivity index (χ1) is 12.9. The number of nitrogens with zero attached hydrogens (tertiary/aromatic N) is 1. The third-order valence-corrected chi connectivity index (χ3v) is 4.31. The fraction of sp³-hybridized carbons (Fsp3) is 0.263. The number of ether oxygens (including phenoxy) is 3. The average molecular weight is 368 g/mol. The Morgan fingerprint density at radius 2 is 1.81 bits per heavy atom. The van der Waals surface area contributed by atoms with Crippen molar-refractivity contribution in [3.63, 3.8) is 0 Å². The largest absolute Gasteiger partial charge is 0.464 e. The molecule has 0 fully saturated rings. The third kappa shape index (κ3) is 2.39. The molecule has 0 aromatic heterocycles. The van der Waals surface area contributed by atoms with Crippen molar-refractivity contribution in [2.45, 2.75) is 13.8 Å².